The molecule has 0 saturated carbocycles. The molecule has 1 unspecified atom stereocenters. The van der Waals surface area contributed by atoms with Crippen molar-refractivity contribution < 1.29 is 26.8 Å². The first-order valence-corrected chi connectivity index (χ1v) is 7.89. The number of aromatic nitrogens is 3. The molecule has 0 amide bonds. The van der Waals surface area contributed by atoms with Gasteiger partial charge < -0.3 is 13.8 Å². The van der Waals surface area contributed by atoms with Crippen LogP contribution < -0.4 is 5.56 Å². The first-order chi connectivity index (χ1) is 12.3. The summed E-state index contributed by atoms with van der Waals surface area (Å²) in [5.74, 6) is -1.85. The second-order valence-electron chi connectivity index (χ2n) is 5.84. The summed E-state index contributed by atoms with van der Waals surface area (Å²) >= 11 is 0. The van der Waals surface area contributed by atoms with Gasteiger partial charge >= 0.3 is 12.1 Å². The Balaban J connectivity index is 1.67. The van der Waals surface area contributed by atoms with Crippen molar-refractivity contribution in [3.63, 3.8) is 0 Å². The van der Waals surface area contributed by atoms with Gasteiger partial charge in [0.25, 0.3) is 5.56 Å². The highest BCUT2D eigenvalue weighted by Gasteiger charge is 2.38. The average molecular weight is 376 g/mol. The molecule has 1 atom stereocenters. The van der Waals surface area contributed by atoms with Crippen molar-refractivity contribution in [1.82, 2.24) is 19.6 Å². The van der Waals surface area contributed by atoms with Crippen LogP contribution in [0.15, 0.2) is 27.6 Å². The maximum atomic E-state index is 14.2. The summed E-state index contributed by atoms with van der Waals surface area (Å²) in [7, 11) is 0. The maximum Gasteiger partial charge on any atom is 0.471 e. The van der Waals surface area contributed by atoms with Crippen LogP contribution >= 0.6 is 0 Å². The van der Waals surface area contributed by atoms with Gasteiger partial charge in [-0.3, -0.25) is 9.69 Å². The van der Waals surface area contributed by atoms with Crippen molar-refractivity contribution in [2.75, 3.05) is 32.8 Å². The van der Waals surface area contributed by atoms with E-state index < -0.39 is 23.8 Å². The molecule has 1 aliphatic heterocycles. The van der Waals surface area contributed by atoms with Gasteiger partial charge in [-0.2, -0.15) is 18.2 Å². The lowest BCUT2D eigenvalue weighted by Crippen LogP contribution is -2.41. The lowest BCUT2D eigenvalue weighted by molar-refractivity contribution is -0.159. The molecule has 1 aliphatic rings. The molecule has 2 aromatic rings. The summed E-state index contributed by atoms with van der Waals surface area (Å²) in [6, 6.07) is 2.39. The van der Waals surface area contributed by atoms with E-state index in [1.54, 1.807) is 0 Å². The van der Waals surface area contributed by atoms with Crippen molar-refractivity contribution >= 4 is 0 Å². The molecule has 26 heavy (non-hydrogen) atoms. The first kappa shape index (κ1) is 18.5. The number of alkyl halides is 4. The summed E-state index contributed by atoms with van der Waals surface area (Å²) in [6.07, 6.45) is -4.73. The van der Waals surface area contributed by atoms with Crippen molar-refractivity contribution in [3.05, 3.63) is 34.6 Å². The molecule has 3 heterocycles. The molecule has 0 radical (unpaired) electrons. The van der Waals surface area contributed by atoms with Crippen LogP contribution in [0, 0.1) is 0 Å². The number of ether oxygens (including phenoxy) is 1. The van der Waals surface area contributed by atoms with Crippen LogP contribution in [0.4, 0.5) is 17.6 Å². The quantitative estimate of drug-likeness (QED) is 0.738. The number of nitrogens with zero attached hydrogens (tertiary/aromatic N) is 4. The lowest BCUT2D eigenvalue weighted by atomic mass is 10.2. The van der Waals surface area contributed by atoms with Crippen LogP contribution in [0.1, 0.15) is 5.89 Å². The van der Waals surface area contributed by atoms with Crippen molar-refractivity contribution in [2.24, 2.45) is 0 Å². The third-order valence-corrected chi connectivity index (χ3v) is 3.88. The second kappa shape index (κ2) is 7.54. The Kier molecular flexibility index (Phi) is 5.37. The zero-order chi connectivity index (χ0) is 18.7. The lowest BCUT2D eigenvalue weighted by Gasteiger charge is -2.27. The number of halogens is 4. The van der Waals surface area contributed by atoms with Gasteiger partial charge in [0, 0.05) is 37.5 Å². The summed E-state index contributed by atoms with van der Waals surface area (Å²) in [6.45, 7) is 2.38. The van der Waals surface area contributed by atoms with E-state index in [1.807, 2.05) is 4.90 Å². The molecule has 0 bridgehead atoms. The van der Waals surface area contributed by atoms with Crippen molar-refractivity contribution in [1.29, 1.82) is 0 Å². The highest BCUT2D eigenvalue weighted by molar-refractivity contribution is 5.52. The fourth-order valence-corrected chi connectivity index (χ4v) is 2.59. The largest absolute Gasteiger partial charge is 0.471 e. The number of hydrogen-bond acceptors (Lipinski definition) is 6. The predicted molar refractivity (Wildman–Crippen MR) is 81.2 cm³/mol. The van der Waals surface area contributed by atoms with E-state index >= 15 is 0 Å². The van der Waals surface area contributed by atoms with E-state index in [1.165, 1.54) is 12.3 Å². The fraction of sp³-hybridized carbons (Fsp3) is 0.533. The summed E-state index contributed by atoms with van der Waals surface area (Å²) < 4.78 is 62.1. The van der Waals surface area contributed by atoms with E-state index in [-0.39, 0.29) is 24.5 Å². The minimum absolute atomic E-state index is 0.0640. The third-order valence-electron chi connectivity index (χ3n) is 3.88. The Bertz CT molecular complexity index is 799. The smallest absolute Gasteiger partial charge is 0.379 e. The minimum atomic E-state index is -4.76. The highest BCUT2D eigenvalue weighted by Crippen LogP contribution is 2.29. The zero-order valence-corrected chi connectivity index (χ0v) is 13.6. The van der Waals surface area contributed by atoms with Gasteiger partial charge in [-0.1, -0.05) is 5.16 Å². The van der Waals surface area contributed by atoms with E-state index in [4.69, 9.17) is 4.74 Å². The Morgan fingerprint density at radius 2 is 1.96 bits per heavy atom. The van der Waals surface area contributed by atoms with Crippen molar-refractivity contribution in [3.8, 4) is 11.4 Å². The van der Waals surface area contributed by atoms with Crippen LogP contribution in [0.3, 0.4) is 0 Å². The molecular weight excluding hydrogens is 360 g/mol. The standard InChI is InChI=1S/C15H16F4N4O3/c16-11(8-22-3-5-25-6-4-22)9-23-2-1-10(7-12(23)24)13-20-14(26-21-13)15(17,18)19/h1-2,7,11H,3-6,8-9H2. The normalized spacial score (nSPS) is 17.4. The molecule has 3 rings (SSSR count). The summed E-state index contributed by atoms with van der Waals surface area (Å²) in [5.41, 5.74) is -0.500. The Morgan fingerprint density at radius 3 is 2.58 bits per heavy atom. The molecule has 1 saturated heterocycles. The van der Waals surface area contributed by atoms with Gasteiger partial charge in [0.2, 0.25) is 5.82 Å². The van der Waals surface area contributed by atoms with Crippen LogP contribution in [0.5, 0.6) is 0 Å². The maximum absolute atomic E-state index is 14.2. The van der Waals surface area contributed by atoms with Gasteiger partial charge in [-0.05, 0) is 6.07 Å². The van der Waals surface area contributed by atoms with E-state index in [0.29, 0.717) is 26.3 Å². The third kappa shape index (κ3) is 4.47. The Labute approximate surface area is 145 Å². The molecule has 2 aromatic heterocycles. The number of morpholine rings is 1. The van der Waals surface area contributed by atoms with Gasteiger partial charge in [0.05, 0.1) is 19.8 Å². The topological polar surface area (TPSA) is 73.4 Å². The molecule has 0 aromatic carbocycles. The molecule has 7 nitrogen and oxygen atoms in total. The number of pyridine rings is 1. The molecule has 0 spiro atoms. The fourth-order valence-electron chi connectivity index (χ4n) is 2.59. The van der Waals surface area contributed by atoms with Gasteiger partial charge in [-0.25, -0.2) is 4.39 Å². The van der Waals surface area contributed by atoms with Crippen molar-refractivity contribution in [2.45, 2.75) is 18.9 Å². The molecule has 0 N–H and O–H groups in total. The zero-order valence-electron chi connectivity index (χ0n) is 13.6. The monoisotopic (exact) mass is 376 g/mol. The highest BCUT2D eigenvalue weighted by atomic mass is 19.4. The first-order valence-electron chi connectivity index (χ1n) is 7.89. The van der Waals surface area contributed by atoms with E-state index in [0.717, 1.165) is 10.6 Å². The molecule has 1 fully saturated rings. The molecular formula is C15H16F4N4O3. The Morgan fingerprint density at radius 1 is 1.23 bits per heavy atom. The van der Waals surface area contributed by atoms with Gasteiger partial charge in [-0.15, -0.1) is 0 Å². The van der Waals surface area contributed by atoms with Crippen LogP contribution in [-0.4, -0.2) is 58.6 Å². The second-order valence-corrected chi connectivity index (χ2v) is 5.84. The van der Waals surface area contributed by atoms with Crippen LogP contribution in [0.2, 0.25) is 0 Å². The minimum Gasteiger partial charge on any atom is -0.379 e. The predicted octanol–water partition coefficient (Wildman–Crippen LogP) is 1.59. The molecule has 11 heteroatoms. The van der Waals surface area contributed by atoms with Crippen LogP contribution in [-0.2, 0) is 17.5 Å². The Hall–Kier alpha value is -2.27. The van der Waals surface area contributed by atoms with E-state index in [9.17, 15) is 22.4 Å². The summed E-state index contributed by atoms with van der Waals surface area (Å²) in [5, 5.41) is 3.22. The van der Waals surface area contributed by atoms with E-state index in [2.05, 4.69) is 14.7 Å². The van der Waals surface area contributed by atoms with Gasteiger partial charge in [0.1, 0.15) is 6.17 Å². The number of rotatable bonds is 5. The number of hydrogen-bond donors (Lipinski definition) is 0. The summed E-state index contributed by atoms with van der Waals surface area (Å²) in [4.78, 5) is 17.2. The van der Waals surface area contributed by atoms with Gasteiger partial charge in [0.15, 0.2) is 0 Å². The average Bonchev–Trinajstić information content (AvgIpc) is 3.08. The SMILES string of the molecule is O=c1cc(-c2noc(C(F)(F)F)n2)ccn1CC(F)CN1CCOCC1. The molecule has 0 aliphatic carbocycles. The van der Waals surface area contributed by atoms with Crippen LogP contribution in [0.25, 0.3) is 11.4 Å². The molecule has 142 valence electrons.